The summed E-state index contributed by atoms with van der Waals surface area (Å²) in [6.45, 7) is 13.4. The largest absolute Gasteiger partial charge is 0.496 e. The van der Waals surface area contributed by atoms with Gasteiger partial charge < -0.3 is 30.2 Å². The number of rotatable bonds is 12. The minimum absolute atomic E-state index is 0.426. The predicted molar refractivity (Wildman–Crippen MR) is 169 cm³/mol. The molecule has 0 amide bonds. The third-order valence-corrected chi connectivity index (χ3v) is 6.89. The molecule has 0 saturated heterocycles. The summed E-state index contributed by atoms with van der Waals surface area (Å²) in [5.74, 6) is 4.36. The molecule has 0 spiro atoms. The molecule has 0 fully saturated rings. The summed E-state index contributed by atoms with van der Waals surface area (Å²) in [6, 6.07) is 12.2. The molecule has 1 aromatic carbocycles. The van der Waals surface area contributed by atoms with Crippen LogP contribution in [0.4, 0.5) is 17.5 Å². The van der Waals surface area contributed by atoms with Crippen LogP contribution >= 0.6 is 0 Å². The second-order valence-corrected chi connectivity index (χ2v) is 10.6. The van der Waals surface area contributed by atoms with E-state index in [-0.39, 0.29) is 0 Å². The number of benzene rings is 1. The zero-order valence-electron chi connectivity index (χ0n) is 26.2. The van der Waals surface area contributed by atoms with Gasteiger partial charge in [0.25, 0.3) is 0 Å². The van der Waals surface area contributed by atoms with E-state index in [1.807, 2.05) is 39.0 Å². The standard InChI is InChI=1S/C33H42N6O3/c1-19-10-22(4)37-28(13-19)34-16-25-31(40-7)26(17-35-29-14-20(2)11-23(5)38-29)33(42-9)27(32(25)41-8)18-36-30-15-21(3)12-24(6)39-30/h10-15H,16-18H2,1-9H3,(H,34,37)(H,35,38)(H,36,39). The van der Waals surface area contributed by atoms with E-state index >= 15 is 0 Å². The van der Waals surface area contributed by atoms with Crippen molar-refractivity contribution in [2.24, 2.45) is 0 Å². The molecule has 4 aromatic rings. The molecule has 0 atom stereocenters. The van der Waals surface area contributed by atoms with Crippen molar-refractivity contribution in [1.29, 1.82) is 0 Å². The quantitative estimate of drug-likeness (QED) is 0.174. The molecule has 3 N–H and O–H groups in total. The molecule has 0 aliphatic carbocycles. The van der Waals surface area contributed by atoms with E-state index in [0.29, 0.717) is 36.9 Å². The fourth-order valence-electron chi connectivity index (χ4n) is 5.41. The fourth-order valence-corrected chi connectivity index (χ4v) is 5.41. The molecule has 42 heavy (non-hydrogen) atoms. The van der Waals surface area contributed by atoms with E-state index in [1.165, 1.54) is 0 Å². The summed E-state index contributed by atoms with van der Waals surface area (Å²) >= 11 is 0. The van der Waals surface area contributed by atoms with E-state index in [0.717, 1.165) is 67.9 Å². The highest BCUT2D eigenvalue weighted by atomic mass is 16.5. The van der Waals surface area contributed by atoms with Crippen molar-refractivity contribution in [3.63, 3.8) is 0 Å². The lowest BCUT2D eigenvalue weighted by Gasteiger charge is -2.25. The number of pyridine rings is 3. The zero-order chi connectivity index (χ0) is 30.4. The van der Waals surface area contributed by atoms with E-state index in [2.05, 4.69) is 69.9 Å². The summed E-state index contributed by atoms with van der Waals surface area (Å²) in [4.78, 5) is 14.0. The molecule has 0 aliphatic rings. The number of anilines is 3. The van der Waals surface area contributed by atoms with Gasteiger partial charge in [-0.05, 0) is 94.6 Å². The molecule has 0 bridgehead atoms. The molecule has 3 heterocycles. The Bertz CT molecular complexity index is 1300. The summed E-state index contributed by atoms with van der Waals surface area (Å²) < 4.78 is 18.2. The Kier molecular flexibility index (Phi) is 9.72. The fraction of sp³-hybridized carbons (Fsp3) is 0.364. The van der Waals surface area contributed by atoms with Crippen molar-refractivity contribution in [2.75, 3.05) is 37.3 Å². The van der Waals surface area contributed by atoms with E-state index in [4.69, 9.17) is 14.2 Å². The molecular weight excluding hydrogens is 528 g/mol. The van der Waals surface area contributed by atoms with Crippen LogP contribution in [-0.2, 0) is 19.6 Å². The van der Waals surface area contributed by atoms with Crippen molar-refractivity contribution >= 4 is 17.5 Å². The van der Waals surface area contributed by atoms with Gasteiger partial charge in [-0.2, -0.15) is 0 Å². The van der Waals surface area contributed by atoms with Gasteiger partial charge in [-0.1, -0.05) is 0 Å². The number of ether oxygens (including phenoxy) is 3. The van der Waals surface area contributed by atoms with Gasteiger partial charge >= 0.3 is 0 Å². The Morgan fingerprint density at radius 1 is 0.452 bits per heavy atom. The minimum Gasteiger partial charge on any atom is -0.496 e. The van der Waals surface area contributed by atoms with Crippen LogP contribution in [0.5, 0.6) is 17.2 Å². The smallest absolute Gasteiger partial charge is 0.136 e. The lowest BCUT2D eigenvalue weighted by molar-refractivity contribution is 0.358. The van der Waals surface area contributed by atoms with E-state index < -0.39 is 0 Å². The Balaban J connectivity index is 1.81. The normalized spacial score (nSPS) is 10.8. The van der Waals surface area contributed by atoms with Gasteiger partial charge in [0.15, 0.2) is 0 Å². The van der Waals surface area contributed by atoms with Crippen LogP contribution in [0.1, 0.15) is 50.5 Å². The van der Waals surface area contributed by atoms with Crippen molar-refractivity contribution in [2.45, 2.75) is 61.2 Å². The molecule has 3 aromatic heterocycles. The molecular formula is C33H42N6O3. The van der Waals surface area contributed by atoms with Crippen LogP contribution < -0.4 is 30.2 Å². The van der Waals surface area contributed by atoms with Gasteiger partial charge in [-0.25, -0.2) is 15.0 Å². The second kappa shape index (κ2) is 13.4. The number of hydrogen-bond acceptors (Lipinski definition) is 9. The van der Waals surface area contributed by atoms with Crippen LogP contribution in [-0.4, -0.2) is 36.3 Å². The highest BCUT2D eigenvalue weighted by molar-refractivity contribution is 5.65. The first kappa shape index (κ1) is 30.4. The first-order valence-electron chi connectivity index (χ1n) is 14.0. The monoisotopic (exact) mass is 570 g/mol. The molecule has 0 saturated carbocycles. The minimum atomic E-state index is 0.426. The lowest BCUT2D eigenvalue weighted by Crippen LogP contribution is -2.15. The van der Waals surface area contributed by atoms with Crippen LogP contribution in [0, 0.1) is 41.5 Å². The lowest BCUT2D eigenvalue weighted by atomic mass is 9.99. The van der Waals surface area contributed by atoms with Gasteiger partial charge in [-0.3, -0.25) is 0 Å². The summed E-state index contributed by atoms with van der Waals surface area (Å²) in [5, 5.41) is 10.5. The summed E-state index contributed by atoms with van der Waals surface area (Å²) in [5.41, 5.74) is 8.82. The third-order valence-electron chi connectivity index (χ3n) is 6.89. The van der Waals surface area contributed by atoms with E-state index in [1.54, 1.807) is 21.3 Å². The number of nitrogens with one attached hydrogen (secondary N) is 3. The maximum absolute atomic E-state index is 6.07. The van der Waals surface area contributed by atoms with Gasteiger partial charge in [0, 0.05) is 36.7 Å². The maximum atomic E-state index is 6.07. The number of aromatic nitrogens is 3. The van der Waals surface area contributed by atoms with Crippen LogP contribution in [0.3, 0.4) is 0 Å². The maximum Gasteiger partial charge on any atom is 0.136 e. The Morgan fingerprint density at radius 2 is 0.714 bits per heavy atom. The average Bonchev–Trinajstić information content (AvgIpc) is 2.91. The van der Waals surface area contributed by atoms with Crippen molar-refractivity contribution in [1.82, 2.24) is 15.0 Å². The second-order valence-electron chi connectivity index (χ2n) is 10.6. The topological polar surface area (TPSA) is 102 Å². The highest BCUT2D eigenvalue weighted by Gasteiger charge is 2.26. The molecule has 0 unspecified atom stereocenters. The molecule has 0 aliphatic heterocycles. The van der Waals surface area contributed by atoms with Gasteiger partial charge in [-0.15, -0.1) is 0 Å². The molecule has 0 radical (unpaired) electrons. The van der Waals surface area contributed by atoms with Gasteiger partial charge in [0.05, 0.1) is 38.0 Å². The average molecular weight is 571 g/mol. The van der Waals surface area contributed by atoms with Gasteiger partial charge in [0.1, 0.15) is 34.7 Å². The van der Waals surface area contributed by atoms with Gasteiger partial charge in [0.2, 0.25) is 0 Å². The highest BCUT2D eigenvalue weighted by Crippen LogP contribution is 2.44. The first-order valence-corrected chi connectivity index (χ1v) is 14.0. The molecule has 9 nitrogen and oxygen atoms in total. The summed E-state index contributed by atoms with van der Waals surface area (Å²) in [6.07, 6.45) is 0. The van der Waals surface area contributed by atoms with Crippen LogP contribution in [0.2, 0.25) is 0 Å². The summed E-state index contributed by atoms with van der Waals surface area (Å²) in [7, 11) is 5.01. The van der Waals surface area contributed by atoms with Crippen LogP contribution in [0.25, 0.3) is 0 Å². The number of aryl methyl sites for hydroxylation is 6. The predicted octanol–water partition coefficient (Wildman–Crippen LogP) is 6.58. The van der Waals surface area contributed by atoms with Crippen LogP contribution in [0.15, 0.2) is 36.4 Å². The zero-order valence-corrected chi connectivity index (χ0v) is 26.2. The third kappa shape index (κ3) is 7.21. The number of nitrogens with zero attached hydrogens (tertiary/aromatic N) is 3. The van der Waals surface area contributed by atoms with Crippen molar-refractivity contribution in [3.8, 4) is 17.2 Å². The molecule has 4 rings (SSSR count). The number of hydrogen-bond donors (Lipinski definition) is 3. The van der Waals surface area contributed by atoms with Crippen molar-refractivity contribution in [3.05, 3.63) is 86.9 Å². The number of methoxy groups -OCH3 is 3. The molecule has 222 valence electrons. The first-order chi connectivity index (χ1) is 20.1. The Morgan fingerprint density at radius 3 is 0.929 bits per heavy atom. The Labute approximate surface area is 249 Å². The molecule has 9 heteroatoms. The Hall–Kier alpha value is -4.53. The van der Waals surface area contributed by atoms with E-state index in [9.17, 15) is 0 Å². The SMILES string of the molecule is COc1c(CNc2cc(C)cc(C)n2)c(OC)c(CNc2cc(C)cc(C)n2)c(OC)c1CNc1cc(C)cc(C)n1. The van der Waals surface area contributed by atoms with Crippen molar-refractivity contribution < 1.29 is 14.2 Å².